The molecule has 0 radical (unpaired) electrons. The van der Waals surface area contributed by atoms with Crippen LogP contribution in [0.2, 0.25) is 0 Å². The van der Waals surface area contributed by atoms with Gasteiger partial charge >= 0.3 is 0 Å². The highest BCUT2D eigenvalue weighted by molar-refractivity contribution is 5.95. The van der Waals surface area contributed by atoms with Crippen molar-refractivity contribution in [1.29, 1.82) is 0 Å². The standard InChI is InChI=1S/C16H19NO3/c1-10-9-15(12(3)20-10)16(18)17-11(2)13-5-7-14(19-4)8-6-13/h5-9,11H,1-4H3,(H,17,18)/t11-/m1/s1. The second-order valence-corrected chi connectivity index (χ2v) is 4.80. The van der Waals surface area contributed by atoms with E-state index in [0.717, 1.165) is 17.1 Å². The summed E-state index contributed by atoms with van der Waals surface area (Å²) < 4.78 is 10.5. The van der Waals surface area contributed by atoms with E-state index in [1.807, 2.05) is 38.1 Å². The zero-order chi connectivity index (χ0) is 14.7. The van der Waals surface area contributed by atoms with Gasteiger partial charge in [-0.25, -0.2) is 0 Å². The first-order valence-corrected chi connectivity index (χ1v) is 6.53. The van der Waals surface area contributed by atoms with Gasteiger partial charge in [0.15, 0.2) is 0 Å². The second-order valence-electron chi connectivity index (χ2n) is 4.80. The van der Waals surface area contributed by atoms with Crippen molar-refractivity contribution in [2.24, 2.45) is 0 Å². The molecule has 0 saturated carbocycles. The van der Waals surface area contributed by atoms with Crippen molar-refractivity contribution in [1.82, 2.24) is 5.32 Å². The molecule has 1 amide bonds. The Labute approximate surface area is 118 Å². The summed E-state index contributed by atoms with van der Waals surface area (Å²) in [5.74, 6) is 2.06. The normalized spacial score (nSPS) is 12.0. The second kappa shape index (κ2) is 5.82. The summed E-state index contributed by atoms with van der Waals surface area (Å²) in [6.07, 6.45) is 0. The van der Waals surface area contributed by atoms with Crippen molar-refractivity contribution < 1.29 is 13.9 Å². The van der Waals surface area contributed by atoms with Gasteiger partial charge in [0.2, 0.25) is 0 Å². The molecule has 4 heteroatoms. The van der Waals surface area contributed by atoms with Crippen molar-refractivity contribution in [3.8, 4) is 5.75 Å². The Morgan fingerprint density at radius 2 is 1.90 bits per heavy atom. The predicted molar refractivity (Wildman–Crippen MR) is 77.1 cm³/mol. The first-order valence-electron chi connectivity index (χ1n) is 6.53. The molecule has 0 aliphatic carbocycles. The van der Waals surface area contributed by atoms with Crippen LogP contribution in [0.4, 0.5) is 0 Å². The van der Waals surface area contributed by atoms with Gasteiger partial charge < -0.3 is 14.5 Å². The Balaban J connectivity index is 2.08. The number of carbonyl (C=O) groups excluding carboxylic acids is 1. The average molecular weight is 273 g/mol. The fraction of sp³-hybridized carbons (Fsp3) is 0.312. The van der Waals surface area contributed by atoms with Gasteiger partial charge in [-0.05, 0) is 44.5 Å². The third kappa shape index (κ3) is 3.02. The number of ether oxygens (including phenoxy) is 1. The van der Waals surface area contributed by atoms with Crippen molar-refractivity contribution in [2.75, 3.05) is 7.11 Å². The van der Waals surface area contributed by atoms with Crippen LogP contribution in [-0.4, -0.2) is 13.0 Å². The largest absolute Gasteiger partial charge is 0.497 e. The van der Waals surface area contributed by atoms with Gasteiger partial charge in [0.25, 0.3) is 5.91 Å². The van der Waals surface area contributed by atoms with E-state index < -0.39 is 0 Å². The third-order valence-corrected chi connectivity index (χ3v) is 3.25. The molecule has 0 aliphatic rings. The van der Waals surface area contributed by atoms with Gasteiger partial charge in [-0.1, -0.05) is 12.1 Å². The number of furan rings is 1. The molecule has 20 heavy (non-hydrogen) atoms. The lowest BCUT2D eigenvalue weighted by atomic mass is 10.1. The summed E-state index contributed by atoms with van der Waals surface area (Å²) in [6.45, 7) is 5.57. The summed E-state index contributed by atoms with van der Waals surface area (Å²) in [4.78, 5) is 12.2. The van der Waals surface area contributed by atoms with E-state index in [-0.39, 0.29) is 11.9 Å². The molecule has 4 nitrogen and oxygen atoms in total. The average Bonchev–Trinajstić information content (AvgIpc) is 2.78. The van der Waals surface area contributed by atoms with Gasteiger partial charge in [0.1, 0.15) is 17.3 Å². The molecule has 1 aromatic carbocycles. The van der Waals surface area contributed by atoms with Crippen LogP contribution in [0.15, 0.2) is 34.7 Å². The number of nitrogens with one attached hydrogen (secondary N) is 1. The smallest absolute Gasteiger partial charge is 0.255 e. The maximum absolute atomic E-state index is 12.2. The van der Waals surface area contributed by atoms with E-state index in [2.05, 4.69) is 5.32 Å². The molecule has 0 aliphatic heterocycles. The summed E-state index contributed by atoms with van der Waals surface area (Å²) >= 11 is 0. The number of rotatable bonds is 4. The van der Waals surface area contributed by atoms with Crippen LogP contribution < -0.4 is 10.1 Å². The van der Waals surface area contributed by atoms with Gasteiger partial charge in [-0.15, -0.1) is 0 Å². The monoisotopic (exact) mass is 273 g/mol. The minimum Gasteiger partial charge on any atom is -0.497 e. The number of methoxy groups -OCH3 is 1. The third-order valence-electron chi connectivity index (χ3n) is 3.25. The highest BCUT2D eigenvalue weighted by Gasteiger charge is 2.16. The minimum absolute atomic E-state index is 0.0805. The van der Waals surface area contributed by atoms with Crippen molar-refractivity contribution >= 4 is 5.91 Å². The first-order chi connectivity index (χ1) is 9.51. The quantitative estimate of drug-likeness (QED) is 0.929. The lowest BCUT2D eigenvalue weighted by Crippen LogP contribution is -2.26. The fourth-order valence-corrected chi connectivity index (χ4v) is 2.11. The summed E-state index contributed by atoms with van der Waals surface area (Å²) in [6, 6.07) is 9.32. The summed E-state index contributed by atoms with van der Waals surface area (Å²) in [5, 5.41) is 2.96. The molecule has 0 fully saturated rings. The molecule has 0 bridgehead atoms. The Kier molecular flexibility index (Phi) is 4.13. The van der Waals surface area contributed by atoms with Crippen molar-refractivity contribution in [3.63, 3.8) is 0 Å². The van der Waals surface area contributed by atoms with E-state index in [1.165, 1.54) is 0 Å². The Morgan fingerprint density at radius 3 is 2.40 bits per heavy atom. The molecule has 106 valence electrons. The highest BCUT2D eigenvalue weighted by atomic mass is 16.5. The Hall–Kier alpha value is -2.23. The maximum atomic E-state index is 12.2. The predicted octanol–water partition coefficient (Wildman–Crippen LogP) is 3.40. The Morgan fingerprint density at radius 1 is 1.25 bits per heavy atom. The van der Waals surface area contributed by atoms with E-state index in [9.17, 15) is 4.79 Å². The maximum Gasteiger partial charge on any atom is 0.255 e. The zero-order valence-electron chi connectivity index (χ0n) is 12.2. The number of hydrogen-bond donors (Lipinski definition) is 1. The number of amides is 1. The van der Waals surface area contributed by atoms with Crippen LogP contribution in [0.3, 0.4) is 0 Å². The Bertz CT molecular complexity index is 599. The summed E-state index contributed by atoms with van der Waals surface area (Å²) in [5.41, 5.74) is 1.61. The summed E-state index contributed by atoms with van der Waals surface area (Å²) in [7, 11) is 1.63. The molecular weight excluding hydrogens is 254 g/mol. The van der Waals surface area contributed by atoms with Crippen LogP contribution in [0.1, 0.15) is 40.4 Å². The van der Waals surface area contributed by atoms with Crippen LogP contribution in [0.25, 0.3) is 0 Å². The van der Waals surface area contributed by atoms with Gasteiger partial charge in [-0.3, -0.25) is 4.79 Å². The molecule has 2 rings (SSSR count). The number of hydrogen-bond acceptors (Lipinski definition) is 3. The van der Waals surface area contributed by atoms with Crippen LogP contribution in [0.5, 0.6) is 5.75 Å². The van der Waals surface area contributed by atoms with Crippen molar-refractivity contribution in [2.45, 2.75) is 26.8 Å². The van der Waals surface area contributed by atoms with Gasteiger partial charge in [-0.2, -0.15) is 0 Å². The van der Waals surface area contributed by atoms with Crippen LogP contribution in [-0.2, 0) is 0 Å². The van der Waals surface area contributed by atoms with Crippen LogP contribution >= 0.6 is 0 Å². The highest BCUT2D eigenvalue weighted by Crippen LogP contribution is 2.19. The van der Waals surface area contributed by atoms with Gasteiger partial charge in [0.05, 0.1) is 18.7 Å². The SMILES string of the molecule is COc1ccc([C@@H](C)NC(=O)c2cc(C)oc2C)cc1. The molecular formula is C16H19NO3. The van der Waals surface area contributed by atoms with Crippen molar-refractivity contribution in [3.05, 3.63) is 53.0 Å². The number of aryl methyl sites for hydroxylation is 2. The zero-order valence-corrected chi connectivity index (χ0v) is 12.2. The lowest BCUT2D eigenvalue weighted by Gasteiger charge is -2.14. The molecule has 1 atom stereocenters. The molecule has 1 N–H and O–H groups in total. The van der Waals surface area contributed by atoms with Gasteiger partial charge in [0, 0.05) is 0 Å². The minimum atomic E-state index is -0.123. The number of benzene rings is 1. The van der Waals surface area contributed by atoms with E-state index in [1.54, 1.807) is 20.1 Å². The number of carbonyl (C=O) groups is 1. The molecule has 2 aromatic rings. The molecule has 1 heterocycles. The first kappa shape index (κ1) is 14.2. The molecule has 0 saturated heterocycles. The topological polar surface area (TPSA) is 51.5 Å². The van der Waals surface area contributed by atoms with Crippen LogP contribution in [0, 0.1) is 13.8 Å². The molecule has 1 aromatic heterocycles. The molecule has 0 unspecified atom stereocenters. The lowest BCUT2D eigenvalue weighted by molar-refractivity contribution is 0.0938. The molecule has 0 spiro atoms. The fourth-order valence-electron chi connectivity index (χ4n) is 2.11. The van der Waals surface area contributed by atoms with E-state index >= 15 is 0 Å². The van der Waals surface area contributed by atoms with E-state index in [4.69, 9.17) is 9.15 Å². The van der Waals surface area contributed by atoms with E-state index in [0.29, 0.717) is 11.3 Å².